The highest BCUT2D eigenvalue weighted by atomic mass is 14.9. The summed E-state index contributed by atoms with van der Waals surface area (Å²) in [6.45, 7) is 27.8. The summed E-state index contributed by atoms with van der Waals surface area (Å²) in [6.07, 6.45) is 0. The minimum absolute atomic E-state index is 0.355. The summed E-state index contributed by atoms with van der Waals surface area (Å²) >= 11 is 0. The second kappa shape index (κ2) is 2.86. The fraction of sp³-hybridized carbons (Fsp3) is 1.00. The smallest absolute Gasteiger partial charge is 0.0159 e. The van der Waals surface area contributed by atoms with Gasteiger partial charge in [-0.05, 0) is 38.4 Å². The molecule has 2 saturated carbocycles. The van der Waals surface area contributed by atoms with Crippen LogP contribution in [0.3, 0.4) is 0 Å². The van der Waals surface area contributed by atoms with Crippen LogP contribution in [-0.2, 0) is 0 Å². The largest absolute Gasteiger partial charge is 0.0614 e. The molecule has 2 aliphatic carbocycles. The molecule has 3 unspecified atom stereocenters. The summed E-state index contributed by atoms with van der Waals surface area (Å²) in [4.78, 5) is 0. The molecule has 2 fully saturated rings. The van der Waals surface area contributed by atoms with Crippen LogP contribution in [0.15, 0.2) is 0 Å². The van der Waals surface area contributed by atoms with Gasteiger partial charge >= 0.3 is 0 Å². The zero-order valence-electron chi connectivity index (χ0n) is 14.6. The normalized spacial score (nSPS) is 50.5. The number of rotatable bonds is 0. The second-order valence-corrected chi connectivity index (χ2v) is 9.65. The molecule has 2 rings (SSSR count). The monoisotopic (exact) mass is 250 g/mol. The van der Waals surface area contributed by atoms with E-state index in [1.165, 1.54) is 0 Å². The topological polar surface area (TPSA) is 0 Å². The van der Waals surface area contributed by atoms with Gasteiger partial charge in [-0.1, -0.05) is 76.2 Å². The fourth-order valence-electron chi connectivity index (χ4n) is 7.20. The Morgan fingerprint density at radius 1 is 0.556 bits per heavy atom. The molecule has 0 heteroatoms. The van der Waals surface area contributed by atoms with Crippen molar-refractivity contribution in [3.05, 3.63) is 0 Å². The highest BCUT2D eigenvalue weighted by Crippen LogP contribution is 2.90. The van der Waals surface area contributed by atoms with Gasteiger partial charge in [0.2, 0.25) is 0 Å². The van der Waals surface area contributed by atoms with Crippen molar-refractivity contribution >= 4 is 0 Å². The van der Waals surface area contributed by atoms with Crippen LogP contribution in [0.5, 0.6) is 0 Å². The Morgan fingerprint density at radius 2 is 0.944 bits per heavy atom. The molecule has 0 aromatic carbocycles. The second-order valence-electron chi connectivity index (χ2n) is 9.65. The van der Waals surface area contributed by atoms with Crippen LogP contribution in [0.25, 0.3) is 0 Å². The minimum atomic E-state index is 0.355. The maximum absolute atomic E-state index is 2.57. The minimum Gasteiger partial charge on any atom is -0.0614 e. The van der Waals surface area contributed by atoms with E-state index in [0.717, 1.165) is 5.92 Å². The van der Waals surface area contributed by atoms with Crippen LogP contribution in [0.2, 0.25) is 0 Å². The van der Waals surface area contributed by atoms with Gasteiger partial charge < -0.3 is 0 Å². The lowest BCUT2D eigenvalue weighted by atomic mass is 9.42. The van der Waals surface area contributed by atoms with Crippen molar-refractivity contribution < 1.29 is 0 Å². The first-order valence-electron chi connectivity index (χ1n) is 7.65. The zero-order chi connectivity index (χ0) is 14.6. The molecular weight excluding hydrogens is 216 g/mol. The average molecular weight is 250 g/mol. The molecule has 0 aromatic heterocycles. The molecule has 0 aromatic rings. The number of hydrogen-bond donors (Lipinski definition) is 0. The van der Waals surface area contributed by atoms with Crippen LogP contribution < -0.4 is 0 Å². The first kappa shape index (κ1) is 14.4. The standard InChI is InChI=1S/C18H34/c1-12-13(2,3)18(11)15(6,7)14(4,5)17(12,10)16(18,8)9/h12H,1-11H3. The van der Waals surface area contributed by atoms with Gasteiger partial charge in [0, 0.05) is 0 Å². The Balaban J connectivity index is 2.90. The Labute approximate surface area is 115 Å². The Kier molecular flexibility index (Phi) is 2.29. The lowest BCUT2D eigenvalue weighted by molar-refractivity contribution is -0.149. The molecule has 0 N–H and O–H groups in total. The van der Waals surface area contributed by atoms with Gasteiger partial charge in [-0.2, -0.15) is 0 Å². The number of fused-ring (bicyclic) bond motifs is 2. The van der Waals surface area contributed by atoms with Crippen molar-refractivity contribution in [2.75, 3.05) is 0 Å². The van der Waals surface area contributed by atoms with Gasteiger partial charge in [0.15, 0.2) is 0 Å². The third-order valence-electron chi connectivity index (χ3n) is 9.90. The van der Waals surface area contributed by atoms with Gasteiger partial charge in [-0.3, -0.25) is 0 Å². The fourth-order valence-corrected chi connectivity index (χ4v) is 7.20. The van der Waals surface area contributed by atoms with Crippen molar-refractivity contribution in [3.8, 4) is 0 Å². The predicted molar refractivity (Wildman–Crippen MR) is 80.5 cm³/mol. The summed E-state index contributed by atoms with van der Waals surface area (Å²) in [5.41, 5.74) is 2.24. The third kappa shape index (κ3) is 0.826. The van der Waals surface area contributed by atoms with Crippen LogP contribution >= 0.6 is 0 Å². The summed E-state index contributed by atoms with van der Waals surface area (Å²) in [5, 5.41) is 0. The molecule has 0 nitrogen and oxygen atoms in total. The van der Waals surface area contributed by atoms with Crippen LogP contribution in [0.4, 0.5) is 0 Å². The van der Waals surface area contributed by atoms with Crippen LogP contribution in [-0.4, -0.2) is 0 Å². The van der Waals surface area contributed by atoms with Crippen molar-refractivity contribution in [3.63, 3.8) is 0 Å². The van der Waals surface area contributed by atoms with E-state index >= 15 is 0 Å². The van der Waals surface area contributed by atoms with E-state index in [2.05, 4.69) is 76.2 Å². The van der Waals surface area contributed by atoms with E-state index in [1.807, 2.05) is 0 Å². The van der Waals surface area contributed by atoms with E-state index in [4.69, 9.17) is 0 Å². The summed E-state index contributed by atoms with van der Waals surface area (Å²) < 4.78 is 0. The van der Waals surface area contributed by atoms with Gasteiger partial charge in [0.05, 0.1) is 0 Å². The van der Waals surface area contributed by atoms with Gasteiger partial charge in [-0.15, -0.1) is 0 Å². The summed E-state index contributed by atoms with van der Waals surface area (Å²) in [6, 6.07) is 0. The molecule has 0 saturated heterocycles. The maximum atomic E-state index is 2.57. The molecule has 0 aliphatic heterocycles. The Morgan fingerprint density at radius 3 is 1.22 bits per heavy atom. The highest BCUT2D eigenvalue weighted by Gasteiger charge is 2.85. The highest BCUT2D eigenvalue weighted by molar-refractivity contribution is 5.32. The lowest BCUT2D eigenvalue weighted by Gasteiger charge is -2.63. The Hall–Kier alpha value is 0. The van der Waals surface area contributed by atoms with E-state index < -0.39 is 0 Å². The van der Waals surface area contributed by atoms with E-state index in [1.54, 1.807) is 0 Å². The van der Waals surface area contributed by atoms with Gasteiger partial charge in [0.1, 0.15) is 0 Å². The van der Waals surface area contributed by atoms with E-state index in [0.29, 0.717) is 32.5 Å². The van der Waals surface area contributed by atoms with Crippen molar-refractivity contribution in [1.82, 2.24) is 0 Å². The summed E-state index contributed by atoms with van der Waals surface area (Å²) in [7, 11) is 0. The summed E-state index contributed by atoms with van der Waals surface area (Å²) in [5.74, 6) is 0.757. The molecule has 0 spiro atoms. The van der Waals surface area contributed by atoms with Crippen molar-refractivity contribution in [1.29, 1.82) is 0 Å². The van der Waals surface area contributed by atoms with Crippen molar-refractivity contribution in [2.45, 2.75) is 76.2 Å². The Bertz CT molecular complexity index is 396. The zero-order valence-corrected chi connectivity index (χ0v) is 14.6. The molecule has 3 atom stereocenters. The van der Waals surface area contributed by atoms with Crippen LogP contribution in [0, 0.1) is 38.4 Å². The molecule has 106 valence electrons. The van der Waals surface area contributed by atoms with Gasteiger partial charge in [-0.25, -0.2) is 0 Å². The van der Waals surface area contributed by atoms with E-state index in [9.17, 15) is 0 Å². The van der Waals surface area contributed by atoms with Gasteiger partial charge in [0.25, 0.3) is 0 Å². The predicted octanol–water partition coefficient (Wildman–Crippen LogP) is 5.77. The first-order valence-corrected chi connectivity index (χ1v) is 7.65. The van der Waals surface area contributed by atoms with Crippen LogP contribution in [0.1, 0.15) is 76.2 Å². The molecule has 18 heavy (non-hydrogen) atoms. The molecular formula is C18H34. The lowest BCUT2D eigenvalue weighted by Crippen LogP contribution is -2.57. The van der Waals surface area contributed by atoms with Crippen molar-refractivity contribution in [2.24, 2.45) is 38.4 Å². The molecule has 2 aliphatic rings. The number of hydrogen-bond acceptors (Lipinski definition) is 0. The molecule has 0 radical (unpaired) electrons. The molecule has 2 bridgehead atoms. The molecule has 0 heterocycles. The first-order chi connectivity index (χ1) is 7.65. The SMILES string of the molecule is CC1C(C)(C)C2(C)C(C)(C)C(C)(C)C1(C)C2(C)C. The maximum Gasteiger partial charge on any atom is -0.0159 e. The average Bonchev–Trinajstić information content (AvgIpc) is 2.32. The third-order valence-corrected chi connectivity index (χ3v) is 9.90. The quantitative estimate of drug-likeness (QED) is 0.512. The van der Waals surface area contributed by atoms with E-state index in [-0.39, 0.29) is 0 Å². The molecule has 0 amide bonds.